The third kappa shape index (κ3) is 12.0. The van der Waals surface area contributed by atoms with E-state index in [0.29, 0.717) is 0 Å². The van der Waals surface area contributed by atoms with Gasteiger partial charge in [0.2, 0.25) is 0 Å². The fourth-order valence-corrected chi connectivity index (χ4v) is 0.340. The Morgan fingerprint density at radius 3 is 2.11 bits per heavy atom. The Bertz CT molecular complexity index is 79.1. The monoisotopic (exact) mass is 342 g/mol. The summed E-state index contributed by atoms with van der Waals surface area (Å²) < 4.78 is 0. The van der Waals surface area contributed by atoms with Crippen molar-refractivity contribution >= 4 is 19.3 Å². The molecule has 0 aliphatic heterocycles. The maximum atomic E-state index is 4.90. The predicted molar refractivity (Wildman–Crippen MR) is 39.7 cm³/mol. The van der Waals surface area contributed by atoms with Crippen LogP contribution in [0, 0.1) is 13.5 Å². The Balaban J connectivity index is 0. The molecule has 0 nitrogen and oxygen atoms in total. The van der Waals surface area contributed by atoms with E-state index in [1.54, 1.807) is 0 Å². The molecule has 0 aromatic carbocycles. The Hall–Kier alpha value is 0.696. The van der Waals surface area contributed by atoms with Gasteiger partial charge < -0.3 is 7.43 Å². The van der Waals surface area contributed by atoms with Crippen LogP contribution in [0.3, 0.4) is 0 Å². The van der Waals surface area contributed by atoms with E-state index in [9.17, 15) is 0 Å². The molecule has 0 radical (unpaired) electrons. The van der Waals surface area contributed by atoms with Gasteiger partial charge in [-0.25, -0.2) is 12.2 Å². The molecule has 0 atom stereocenters. The molecule has 1 rings (SSSR count). The van der Waals surface area contributed by atoms with Crippen LogP contribution in [0.4, 0.5) is 0 Å². The average Bonchev–Trinajstić information content (AvgIpc) is 2.17. The number of halogens is 2. The van der Waals surface area contributed by atoms with Gasteiger partial charge >= 0.3 is 34.7 Å². The molecule has 0 heterocycles. The van der Waals surface area contributed by atoms with Crippen molar-refractivity contribution in [1.29, 1.82) is 0 Å². The van der Waals surface area contributed by atoms with Gasteiger partial charge in [0, 0.05) is 0 Å². The van der Waals surface area contributed by atoms with Crippen LogP contribution in [0.1, 0.15) is 6.42 Å². The predicted octanol–water partition coefficient (Wildman–Crippen LogP) is 3.13. The molecular formula is C6H8Cl2Os-2. The van der Waals surface area contributed by atoms with Crippen molar-refractivity contribution in [1.82, 2.24) is 0 Å². The molecule has 0 saturated carbocycles. The Kier molecular flexibility index (Phi) is 15.8. The van der Waals surface area contributed by atoms with E-state index in [0.717, 1.165) is 6.42 Å². The summed E-state index contributed by atoms with van der Waals surface area (Å²) in [6.45, 7) is 0. The van der Waals surface area contributed by atoms with Crippen molar-refractivity contribution in [2.75, 3.05) is 0 Å². The first-order valence-corrected chi connectivity index (χ1v) is 8.28. The van der Waals surface area contributed by atoms with Gasteiger partial charge in [-0.2, -0.15) is 6.08 Å². The summed E-state index contributed by atoms with van der Waals surface area (Å²) >= 11 is -0.639. The summed E-state index contributed by atoms with van der Waals surface area (Å²) in [6, 6.07) is 0. The van der Waals surface area contributed by atoms with Gasteiger partial charge in [-0.05, 0) is 0 Å². The van der Waals surface area contributed by atoms with Crippen molar-refractivity contribution in [3.63, 3.8) is 0 Å². The van der Waals surface area contributed by atoms with Crippen LogP contribution in [0.15, 0.2) is 18.2 Å². The van der Waals surface area contributed by atoms with Crippen molar-refractivity contribution in [3.8, 4) is 0 Å². The van der Waals surface area contributed by atoms with Gasteiger partial charge in [0.1, 0.15) is 0 Å². The SMILES string of the molecule is [C-]1=CC=CC1.[CH3-].[Cl][Os][Cl]. The quantitative estimate of drug-likeness (QED) is 0.594. The van der Waals surface area contributed by atoms with Gasteiger partial charge in [0.05, 0.1) is 0 Å². The zero-order chi connectivity index (χ0) is 6.24. The van der Waals surface area contributed by atoms with Crippen molar-refractivity contribution < 1.29 is 15.4 Å². The number of allylic oxidation sites excluding steroid dienone is 4. The third-order valence-corrected chi connectivity index (χ3v) is 0.586. The first kappa shape index (κ1) is 12.4. The minimum absolute atomic E-state index is 0. The molecule has 3 heteroatoms. The molecule has 0 aromatic heterocycles. The summed E-state index contributed by atoms with van der Waals surface area (Å²) in [7, 11) is 9.81. The molecule has 0 bridgehead atoms. The molecule has 1 aliphatic carbocycles. The molecule has 9 heavy (non-hydrogen) atoms. The Morgan fingerprint density at radius 2 is 2.00 bits per heavy atom. The van der Waals surface area contributed by atoms with E-state index < -0.39 is 15.4 Å². The fraction of sp³-hybridized carbons (Fsp3) is 0.167. The third-order valence-electron chi connectivity index (χ3n) is 0.586. The Labute approximate surface area is 72.7 Å². The van der Waals surface area contributed by atoms with E-state index in [1.807, 2.05) is 12.2 Å². The molecule has 0 aromatic rings. The van der Waals surface area contributed by atoms with Gasteiger partial charge in [0.25, 0.3) is 0 Å². The van der Waals surface area contributed by atoms with Gasteiger partial charge in [-0.1, -0.05) is 0 Å². The Morgan fingerprint density at radius 1 is 1.44 bits per heavy atom. The second-order valence-electron chi connectivity index (χ2n) is 1.05. The molecule has 0 saturated heterocycles. The van der Waals surface area contributed by atoms with Gasteiger partial charge in [0.15, 0.2) is 0 Å². The maximum absolute atomic E-state index is 4.90. The first-order chi connectivity index (χ1) is 3.91. The van der Waals surface area contributed by atoms with E-state index in [1.165, 1.54) is 0 Å². The molecule has 56 valence electrons. The van der Waals surface area contributed by atoms with Crippen LogP contribution in [-0.2, 0) is 15.4 Å². The summed E-state index contributed by atoms with van der Waals surface area (Å²) in [5, 5.41) is 0. The van der Waals surface area contributed by atoms with Crippen LogP contribution >= 0.6 is 19.3 Å². The zero-order valence-corrected chi connectivity index (χ0v) is 9.10. The summed E-state index contributed by atoms with van der Waals surface area (Å²) in [6.07, 6.45) is 10.0. The van der Waals surface area contributed by atoms with Crippen molar-refractivity contribution in [3.05, 3.63) is 31.7 Å². The second kappa shape index (κ2) is 11.5. The van der Waals surface area contributed by atoms with E-state index in [-0.39, 0.29) is 7.43 Å². The normalized spacial score (nSPS) is 12.2. The summed E-state index contributed by atoms with van der Waals surface area (Å²) in [4.78, 5) is 0. The summed E-state index contributed by atoms with van der Waals surface area (Å²) in [5.74, 6) is 0. The summed E-state index contributed by atoms with van der Waals surface area (Å²) in [5.41, 5.74) is 0. The number of hydrogen-bond donors (Lipinski definition) is 0. The molecule has 0 unspecified atom stereocenters. The molecule has 0 amide bonds. The van der Waals surface area contributed by atoms with Crippen molar-refractivity contribution in [2.45, 2.75) is 6.42 Å². The van der Waals surface area contributed by atoms with Gasteiger partial charge in [-0.3, -0.25) is 6.08 Å². The standard InChI is InChI=1S/C5H5.CH3.2ClH.Os/c1-2-4-5-3-1;;;;/h1-3H,4H2;1H3;2*1H;/q2*-1;;;+2/p-2. The molecule has 0 fully saturated rings. The van der Waals surface area contributed by atoms with Crippen LogP contribution in [0.25, 0.3) is 0 Å². The molecule has 0 spiro atoms. The van der Waals surface area contributed by atoms with Gasteiger partial charge in [-0.15, -0.1) is 6.42 Å². The molecular weight excluding hydrogens is 333 g/mol. The van der Waals surface area contributed by atoms with Crippen LogP contribution in [0.5, 0.6) is 0 Å². The molecule has 0 N–H and O–H groups in total. The van der Waals surface area contributed by atoms with Crippen LogP contribution in [0.2, 0.25) is 0 Å². The molecule has 1 aliphatic rings. The van der Waals surface area contributed by atoms with Crippen LogP contribution < -0.4 is 0 Å². The minimum atomic E-state index is -0.639. The fourth-order valence-electron chi connectivity index (χ4n) is 0.340. The average molecular weight is 341 g/mol. The number of rotatable bonds is 0. The van der Waals surface area contributed by atoms with E-state index in [2.05, 4.69) is 12.2 Å². The van der Waals surface area contributed by atoms with Crippen molar-refractivity contribution in [2.24, 2.45) is 0 Å². The van der Waals surface area contributed by atoms with E-state index in [4.69, 9.17) is 19.3 Å². The zero-order valence-electron chi connectivity index (χ0n) is 5.05. The van der Waals surface area contributed by atoms with E-state index >= 15 is 0 Å². The topological polar surface area (TPSA) is 0 Å². The second-order valence-corrected chi connectivity index (χ2v) is 4.72. The van der Waals surface area contributed by atoms with Crippen LogP contribution in [-0.4, -0.2) is 0 Å². The first-order valence-electron chi connectivity index (χ1n) is 1.98. The number of hydrogen-bond acceptors (Lipinski definition) is 0.